The Labute approximate surface area is 192 Å². The van der Waals surface area contributed by atoms with Gasteiger partial charge in [-0.3, -0.25) is 4.79 Å². The van der Waals surface area contributed by atoms with Crippen molar-refractivity contribution in [2.75, 3.05) is 25.0 Å². The molecule has 5 rings (SSSR count). The maximum absolute atomic E-state index is 12.8. The van der Waals surface area contributed by atoms with Crippen LogP contribution in [0.1, 0.15) is 23.2 Å². The summed E-state index contributed by atoms with van der Waals surface area (Å²) in [6.45, 7) is 1.11. The quantitative estimate of drug-likeness (QED) is 0.405. The van der Waals surface area contributed by atoms with E-state index < -0.39 is 10.0 Å². The zero-order chi connectivity index (χ0) is 22.8. The highest BCUT2D eigenvalue weighted by Gasteiger charge is 2.27. The van der Waals surface area contributed by atoms with Crippen molar-refractivity contribution in [1.29, 1.82) is 0 Å². The molecule has 1 saturated heterocycles. The summed E-state index contributed by atoms with van der Waals surface area (Å²) in [6.07, 6.45) is 1.74. The van der Waals surface area contributed by atoms with Gasteiger partial charge in [-0.2, -0.15) is 4.31 Å². The lowest BCUT2D eigenvalue weighted by molar-refractivity contribution is 0.101. The molecule has 0 radical (unpaired) electrons. The molecule has 7 nitrogen and oxygen atoms in total. The first-order valence-electron chi connectivity index (χ1n) is 10.8. The third-order valence-corrected chi connectivity index (χ3v) is 7.63. The molecule has 1 aromatic heterocycles. The molecule has 3 aromatic carbocycles. The Morgan fingerprint density at radius 1 is 0.970 bits per heavy atom. The van der Waals surface area contributed by atoms with Gasteiger partial charge < -0.3 is 9.73 Å². The highest BCUT2D eigenvalue weighted by Crippen LogP contribution is 2.25. The molecule has 1 N–H and O–H groups in total. The average Bonchev–Trinajstić information content (AvgIpc) is 3.54. The molecule has 33 heavy (non-hydrogen) atoms. The number of anilines is 1. The zero-order valence-corrected chi connectivity index (χ0v) is 18.7. The number of Topliss-reactive ketones (excluding diaryl/α,β-unsaturated/α-hetero) is 1. The van der Waals surface area contributed by atoms with Crippen molar-refractivity contribution in [1.82, 2.24) is 9.29 Å². The van der Waals surface area contributed by atoms with Crippen molar-refractivity contribution in [3.05, 3.63) is 78.4 Å². The summed E-state index contributed by atoms with van der Waals surface area (Å²) in [5, 5.41) is 3.10. The maximum Gasteiger partial charge on any atom is 0.243 e. The van der Waals surface area contributed by atoms with E-state index in [2.05, 4.69) is 10.3 Å². The Hall–Kier alpha value is -3.49. The molecule has 1 aliphatic heterocycles. The van der Waals surface area contributed by atoms with Crippen LogP contribution in [-0.2, 0) is 10.0 Å². The number of fused-ring (bicyclic) bond motifs is 1. The third kappa shape index (κ3) is 4.40. The van der Waals surface area contributed by atoms with E-state index in [1.807, 2.05) is 48.5 Å². The van der Waals surface area contributed by atoms with Crippen LogP contribution in [0.4, 0.5) is 5.69 Å². The number of nitrogens with one attached hydrogen (secondary N) is 1. The Morgan fingerprint density at radius 3 is 2.48 bits per heavy atom. The topological polar surface area (TPSA) is 92.5 Å². The summed E-state index contributed by atoms with van der Waals surface area (Å²) in [5.74, 6) is 0.353. The minimum absolute atomic E-state index is 0.0510. The number of hydrogen-bond acceptors (Lipinski definition) is 6. The zero-order valence-electron chi connectivity index (χ0n) is 17.9. The molecule has 0 bridgehead atoms. The smallest absolute Gasteiger partial charge is 0.243 e. The number of para-hydroxylation sites is 2. The lowest BCUT2D eigenvalue weighted by Crippen LogP contribution is -2.28. The van der Waals surface area contributed by atoms with Crippen LogP contribution in [0.5, 0.6) is 0 Å². The van der Waals surface area contributed by atoms with Crippen LogP contribution in [0.15, 0.2) is 82.1 Å². The highest BCUT2D eigenvalue weighted by atomic mass is 32.2. The van der Waals surface area contributed by atoms with E-state index in [0.717, 1.165) is 35.2 Å². The van der Waals surface area contributed by atoms with Crippen molar-refractivity contribution < 1.29 is 17.6 Å². The fraction of sp³-hybridized carbons (Fsp3) is 0.200. The molecule has 0 spiro atoms. The molecule has 4 aromatic rings. The van der Waals surface area contributed by atoms with Crippen LogP contribution < -0.4 is 5.32 Å². The number of carbonyl (C=O) groups excluding carboxylic acids is 1. The van der Waals surface area contributed by atoms with Crippen LogP contribution in [0.25, 0.3) is 22.6 Å². The van der Waals surface area contributed by atoms with Crippen molar-refractivity contribution >= 4 is 32.6 Å². The van der Waals surface area contributed by atoms with E-state index in [-0.39, 0.29) is 17.2 Å². The van der Waals surface area contributed by atoms with E-state index in [1.165, 1.54) is 10.4 Å². The molecule has 2 heterocycles. The number of oxazole rings is 1. The molecule has 0 amide bonds. The standard InChI is InChI=1S/C25H23N3O4S/c29-23(19-6-5-7-21(16-19)33(30,31)28-14-3-4-15-28)17-26-20-12-10-18(11-13-20)25-27-22-8-1-2-9-24(22)32-25/h1-2,5-13,16,26H,3-4,14-15,17H2. The van der Waals surface area contributed by atoms with E-state index in [0.29, 0.717) is 24.5 Å². The largest absolute Gasteiger partial charge is 0.436 e. The van der Waals surface area contributed by atoms with Crippen molar-refractivity contribution in [2.24, 2.45) is 0 Å². The number of benzene rings is 3. The number of sulfonamides is 1. The second-order valence-corrected chi connectivity index (χ2v) is 9.92. The van der Waals surface area contributed by atoms with Gasteiger partial charge in [0, 0.05) is 29.9 Å². The van der Waals surface area contributed by atoms with Crippen molar-refractivity contribution in [3.63, 3.8) is 0 Å². The maximum atomic E-state index is 12.8. The van der Waals surface area contributed by atoms with Crippen LogP contribution >= 0.6 is 0 Å². The summed E-state index contributed by atoms with van der Waals surface area (Å²) < 4.78 is 32.8. The van der Waals surface area contributed by atoms with E-state index in [1.54, 1.807) is 18.2 Å². The van der Waals surface area contributed by atoms with E-state index >= 15 is 0 Å². The van der Waals surface area contributed by atoms with Gasteiger partial charge in [0.05, 0.1) is 11.4 Å². The summed E-state index contributed by atoms with van der Waals surface area (Å²) in [6, 6.07) is 21.3. The second kappa shape index (κ2) is 8.80. The minimum atomic E-state index is -3.56. The third-order valence-electron chi connectivity index (χ3n) is 5.74. The van der Waals surface area contributed by atoms with Crippen molar-refractivity contribution in [2.45, 2.75) is 17.7 Å². The van der Waals surface area contributed by atoms with Gasteiger partial charge in [-0.25, -0.2) is 13.4 Å². The van der Waals surface area contributed by atoms with Gasteiger partial charge >= 0.3 is 0 Å². The number of nitrogens with zero attached hydrogens (tertiary/aromatic N) is 2. The highest BCUT2D eigenvalue weighted by molar-refractivity contribution is 7.89. The van der Waals surface area contributed by atoms with Crippen LogP contribution in [-0.4, -0.2) is 43.1 Å². The molecule has 168 valence electrons. The molecule has 0 aliphatic carbocycles. The molecule has 1 fully saturated rings. The monoisotopic (exact) mass is 461 g/mol. The first kappa shape index (κ1) is 21.4. The van der Waals surface area contributed by atoms with Crippen molar-refractivity contribution in [3.8, 4) is 11.5 Å². The van der Waals surface area contributed by atoms with E-state index in [9.17, 15) is 13.2 Å². The molecule has 0 atom stereocenters. The summed E-state index contributed by atoms with van der Waals surface area (Å²) in [4.78, 5) is 17.4. The Morgan fingerprint density at radius 2 is 1.73 bits per heavy atom. The fourth-order valence-corrected chi connectivity index (χ4v) is 5.48. The SMILES string of the molecule is O=C(CNc1ccc(-c2nc3ccccc3o2)cc1)c1cccc(S(=O)(=O)N2CCCC2)c1. The Kier molecular flexibility index (Phi) is 5.70. The molecule has 0 unspecified atom stereocenters. The van der Waals surface area contributed by atoms with Gasteiger partial charge in [0.15, 0.2) is 11.4 Å². The lowest BCUT2D eigenvalue weighted by Gasteiger charge is -2.16. The first-order valence-corrected chi connectivity index (χ1v) is 12.3. The predicted octanol–water partition coefficient (Wildman–Crippen LogP) is 4.57. The van der Waals surface area contributed by atoms with Gasteiger partial charge in [0.25, 0.3) is 0 Å². The molecular weight excluding hydrogens is 438 g/mol. The van der Waals surface area contributed by atoms with E-state index in [4.69, 9.17) is 4.42 Å². The minimum Gasteiger partial charge on any atom is -0.436 e. The lowest BCUT2D eigenvalue weighted by atomic mass is 10.1. The Balaban J connectivity index is 1.25. The number of aromatic nitrogens is 1. The number of hydrogen-bond donors (Lipinski definition) is 1. The number of ketones is 1. The van der Waals surface area contributed by atoms with Crippen LogP contribution in [0.2, 0.25) is 0 Å². The molecular formula is C25H23N3O4S. The van der Waals surface area contributed by atoms with Crippen LogP contribution in [0.3, 0.4) is 0 Å². The van der Waals surface area contributed by atoms with Gasteiger partial charge in [-0.05, 0) is 61.4 Å². The molecule has 8 heteroatoms. The predicted molar refractivity (Wildman–Crippen MR) is 127 cm³/mol. The summed E-state index contributed by atoms with van der Waals surface area (Å²) in [5.41, 5.74) is 3.50. The van der Waals surface area contributed by atoms with Gasteiger partial charge in [-0.15, -0.1) is 0 Å². The number of rotatable bonds is 7. The molecule has 0 saturated carbocycles. The normalized spacial score (nSPS) is 14.5. The van der Waals surface area contributed by atoms with Crippen LogP contribution in [0, 0.1) is 0 Å². The summed E-state index contributed by atoms with van der Waals surface area (Å²) >= 11 is 0. The van der Waals surface area contributed by atoms with Gasteiger partial charge in [0.1, 0.15) is 5.52 Å². The Bertz CT molecular complexity index is 1370. The molecule has 1 aliphatic rings. The fourth-order valence-electron chi connectivity index (χ4n) is 3.92. The second-order valence-electron chi connectivity index (χ2n) is 7.98. The van der Waals surface area contributed by atoms with Gasteiger partial charge in [-0.1, -0.05) is 24.3 Å². The average molecular weight is 462 g/mol. The summed E-state index contributed by atoms with van der Waals surface area (Å²) in [7, 11) is -3.56. The first-order chi connectivity index (χ1) is 16.0. The van der Waals surface area contributed by atoms with Gasteiger partial charge in [0.2, 0.25) is 15.9 Å². The number of carbonyl (C=O) groups is 1.